The Labute approximate surface area is 178 Å². The largest absolute Gasteiger partial charge is 0.467 e. The van der Waals surface area contributed by atoms with Crippen molar-refractivity contribution in [1.29, 1.82) is 0 Å². The number of rotatable bonds is 9. The minimum Gasteiger partial charge on any atom is -0.467 e. The molecule has 0 bridgehead atoms. The molecule has 2 aromatic rings. The zero-order chi connectivity index (χ0) is 21.2. The summed E-state index contributed by atoms with van der Waals surface area (Å²) in [6, 6.07) is 13.1. The second-order valence-corrected chi connectivity index (χ2v) is 6.76. The van der Waals surface area contributed by atoms with E-state index in [0.29, 0.717) is 10.7 Å². The van der Waals surface area contributed by atoms with Crippen LogP contribution in [0.25, 0.3) is 0 Å². The Balaban J connectivity index is 1.81. The van der Waals surface area contributed by atoms with E-state index < -0.39 is 30.4 Å². The molecule has 0 aliphatic rings. The van der Waals surface area contributed by atoms with Crippen LogP contribution in [0.15, 0.2) is 48.5 Å². The molecule has 2 rings (SSSR count). The third-order valence-corrected chi connectivity index (χ3v) is 4.61. The summed E-state index contributed by atoms with van der Waals surface area (Å²) in [5.41, 5.74) is 1.20. The van der Waals surface area contributed by atoms with E-state index in [0.717, 1.165) is 5.56 Å². The molecule has 0 aliphatic carbocycles. The maximum atomic E-state index is 12.1. The van der Waals surface area contributed by atoms with E-state index in [-0.39, 0.29) is 18.1 Å². The monoisotopic (exact) mass is 438 g/mol. The first-order valence-corrected chi connectivity index (χ1v) is 9.39. The summed E-state index contributed by atoms with van der Waals surface area (Å²) < 4.78 is 9.85. The highest BCUT2D eigenvalue weighted by Gasteiger charge is 2.22. The number of hydrogen-bond acceptors (Lipinski definition) is 5. The van der Waals surface area contributed by atoms with Crippen LogP contribution in [0, 0.1) is 0 Å². The van der Waals surface area contributed by atoms with Crippen LogP contribution in [0.2, 0.25) is 10.0 Å². The van der Waals surface area contributed by atoms with E-state index in [1.807, 2.05) is 30.3 Å². The minimum absolute atomic E-state index is 0.210. The van der Waals surface area contributed by atoms with Crippen molar-refractivity contribution in [1.82, 2.24) is 5.32 Å². The molecule has 7 nitrogen and oxygen atoms in total. The van der Waals surface area contributed by atoms with E-state index in [2.05, 4.69) is 10.6 Å². The molecular weight excluding hydrogens is 419 g/mol. The van der Waals surface area contributed by atoms with Crippen LogP contribution in [-0.2, 0) is 30.3 Å². The van der Waals surface area contributed by atoms with Gasteiger partial charge in [0, 0.05) is 6.42 Å². The average molecular weight is 439 g/mol. The van der Waals surface area contributed by atoms with Crippen molar-refractivity contribution >= 4 is 46.7 Å². The second kappa shape index (κ2) is 11.4. The number of methoxy groups -OCH3 is 1. The highest BCUT2D eigenvalue weighted by atomic mass is 35.5. The van der Waals surface area contributed by atoms with Gasteiger partial charge in [0.05, 0.1) is 22.8 Å². The summed E-state index contributed by atoms with van der Waals surface area (Å²) in [6.07, 6.45) is 0.271. The molecule has 9 heteroatoms. The Morgan fingerprint density at radius 3 is 2.34 bits per heavy atom. The molecule has 0 radical (unpaired) electrons. The summed E-state index contributed by atoms with van der Waals surface area (Å²) >= 11 is 11.9. The van der Waals surface area contributed by atoms with Crippen LogP contribution in [0.3, 0.4) is 0 Å². The van der Waals surface area contributed by atoms with E-state index in [4.69, 9.17) is 32.7 Å². The summed E-state index contributed by atoms with van der Waals surface area (Å²) in [5, 5.41) is 5.60. The Kier molecular flexibility index (Phi) is 8.92. The molecule has 1 unspecified atom stereocenters. The van der Waals surface area contributed by atoms with Crippen LogP contribution >= 0.6 is 23.2 Å². The molecule has 0 fully saturated rings. The Hall–Kier alpha value is -2.61. The highest BCUT2D eigenvalue weighted by molar-refractivity contribution is 6.44. The van der Waals surface area contributed by atoms with Crippen molar-refractivity contribution in [3.63, 3.8) is 0 Å². The molecular formula is C20H20Cl2N2O5. The van der Waals surface area contributed by atoms with Gasteiger partial charge in [-0.1, -0.05) is 59.6 Å². The van der Waals surface area contributed by atoms with Crippen molar-refractivity contribution in [3.8, 4) is 0 Å². The Morgan fingerprint density at radius 2 is 1.66 bits per heavy atom. The molecule has 29 heavy (non-hydrogen) atoms. The number of esters is 1. The molecule has 0 saturated carbocycles. The summed E-state index contributed by atoms with van der Waals surface area (Å²) in [7, 11) is 1.24. The lowest BCUT2D eigenvalue weighted by Gasteiger charge is -2.16. The number of anilines is 1. The van der Waals surface area contributed by atoms with Crippen molar-refractivity contribution in [2.75, 3.05) is 25.6 Å². The fourth-order valence-corrected chi connectivity index (χ4v) is 2.79. The number of nitrogens with one attached hydrogen (secondary N) is 2. The first-order chi connectivity index (χ1) is 13.9. The molecule has 0 aromatic heterocycles. The number of ether oxygens (including phenoxy) is 2. The zero-order valence-corrected chi connectivity index (χ0v) is 17.1. The van der Waals surface area contributed by atoms with Gasteiger partial charge in [-0.25, -0.2) is 4.79 Å². The maximum Gasteiger partial charge on any atom is 0.328 e. The summed E-state index contributed by atoms with van der Waals surface area (Å²) in [4.78, 5) is 36.0. The molecule has 0 spiro atoms. The quantitative estimate of drug-likeness (QED) is 0.587. The van der Waals surface area contributed by atoms with Gasteiger partial charge in [-0.05, 0) is 17.7 Å². The van der Waals surface area contributed by atoms with Crippen LogP contribution < -0.4 is 10.6 Å². The van der Waals surface area contributed by atoms with Gasteiger partial charge in [0.25, 0.3) is 0 Å². The van der Waals surface area contributed by atoms with Gasteiger partial charge in [-0.2, -0.15) is 0 Å². The van der Waals surface area contributed by atoms with Gasteiger partial charge in [0.15, 0.2) is 0 Å². The number of benzene rings is 2. The summed E-state index contributed by atoms with van der Waals surface area (Å²) in [6.45, 7) is -0.781. The fourth-order valence-electron chi connectivity index (χ4n) is 2.44. The maximum absolute atomic E-state index is 12.1. The van der Waals surface area contributed by atoms with Crippen molar-refractivity contribution in [2.45, 2.75) is 12.5 Å². The topological polar surface area (TPSA) is 93.7 Å². The van der Waals surface area contributed by atoms with Gasteiger partial charge in [-0.3, -0.25) is 9.59 Å². The zero-order valence-electron chi connectivity index (χ0n) is 15.6. The lowest BCUT2D eigenvalue weighted by molar-refractivity contribution is -0.145. The number of hydrogen-bond donors (Lipinski definition) is 2. The van der Waals surface area contributed by atoms with Crippen LogP contribution in [0.4, 0.5) is 5.69 Å². The van der Waals surface area contributed by atoms with Gasteiger partial charge in [-0.15, -0.1) is 0 Å². The Bertz CT molecular complexity index is 861. The lowest BCUT2D eigenvalue weighted by Crippen LogP contribution is -2.44. The van der Waals surface area contributed by atoms with Gasteiger partial charge >= 0.3 is 5.97 Å². The minimum atomic E-state index is -0.863. The van der Waals surface area contributed by atoms with Gasteiger partial charge in [0.1, 0.15) is 19.3 Å². The molecule has 2 N–H and O–H groups in total. The van der Waals surface area contributed by atoms with Crippen LogP contribution in [-0.4, -0.2) is 44.1 Å². The van der Waals surface area contributed by atoms with E-state index in [1.54, 1.807) is 18.2 Å². The number of halogens is 2. The number of amides is 2. The van der Waals surface area contributed by atoms with Crippen molar-refractivity contribution < 1.29 is 23.9 Å². The molecule has 1 atom stereocenters. The number of carbonyl (C=O) groups excluding carboxylic acids is 3. The smallest absolute Gasteiger partial charge is 0.328 e. The number of carbonyl (C=O) groups is 3. The molecule has 2 amide bonds. The Morgan fingerprint density at radius 1 is 0.966 bits per heavy atom. The van der Waals surface area contributed by atoms with Gasteiger partial charge < -0.3 is 20.1 Å². The van der Waals surface area contributed by atoms with Crippen LogP contribution in [0.5, 0.6) is 0 Å². The highest BCUT2D eigenvalue weighted by Crippen LogP contribution is 2.29. The predicted molar refractivity (Wildman–Crippen MR) is 110 cm³/mol. The summed E-state index contributed by atoms with van der Waals surface area (Å²) in [5.74, 6) is -1.63. The fraction of sp³-hybridized carbons (Fsp3) is 0.250. The standard InChI is InChI=1S/C20H20Cl2N2O5/c1-28-20(27)16(10-13-6-3-2-4-7-13)24-18(26)12-29-11-17(25)23-15-9-5-8-14(21)19(15)22/h2-9,16H,10-12H2,1H3,(H,23,25)(H,24,26). The van der Waals surface area contributed by atoms with E-state index >= 15 is 0 Å². The molecule has 2 aromatic carbocycles. The van der Waals surface area contributed by atoms with Crippen molar-refractivity contribution in [3.05, 3.63) is 64.1 Å². The first-order valence-electron chi connectivity index (χ1n) is 8.63. The van der Waals surface area contributed by atoms with Crippen LogP contribution in [0.1, 0.15) is 5.56 Å². The predicted octanol–water partition coefficient (Wildman–Crippen LogP) is 2.85. The molecule has 154 valence electrons. The second-order valence-electron chi connectivity index (χ2n) is 5.98. The van der Waals surface area contributed by atoms with E-state index in [1.165, 1.54) is 7.11 Å². The van der Waals surface area contributed by atoms with E-state index in [9.17, 15) is 14.4 Å². The van der Waals surface area contributed by atoms with Crippen molar-refractivity contribution in [2.24, 2.45) is 0 Å². The van der Waals surface area contributed by atoms with Gasteiger partial charge in [0.2, 0.25) is 11.8 Å². The molecule has 0 heterocycles. The third kappa shape index (κ3) is 7.38. The normalized spacial score (nSPS) is 11.4. The lowest BCUT2D eigenvalue weighted by atomic mass is 10.1. The third-order valence-electron chi connectivity index (χ3n) is 3.80. The first kappa shape index (κ1) is 22.7. The molecule has 0 aliphatic heterocycles. The SMILES string of the molecule is COC(=O)C(Cc1ccccc1)NC(=O)COCC(=O)Nc1cccc(Cl)c1Cl. The molecule has 0 saturated heterocycles. The average Bonchev–Trinajstić information content (AvgIpc) is 2.71.